The molecule has 0 spiro atoms. The quantitative estimate of drug-likeness (QED) is 0.482. The maximum Gasteiger partial charge on any atom is 0.416 e. The van der Waals surface area contributed by atoms with Gasteiger partial charge in [-0.05, 0) is 48.7 Å². The summed E-state index contributed by atoms with van der Waals surface area (Å²) in [6.45, 7) is 3.79. The number of nitrogens with zero attached hydrogens (tertiary/aromatic N) is 1. The normalized spacial score (nSPS) is 13.2. The number of carbonyl (C=O) groups is 1. The molecule has 2 aromatic rings. The maximum absolute atomic E-state index is 12.6. The molecule has 0 amide bonds. The summed E-state index contributed by atoms with van der Waals surface area (Å²) in [6, 6.07) is 11.9. The number of benzene rings is 2. The molecule has 5 nitrogen and oxygen atoms in total. The first-order chi connectivity index (χ1) is 13.7. The van der Waals surface area contributed by atoms with Gasteiger partial charge < -0.3 is 14.7 Å². The van der Waals surface area contributed by atoms with Crippen molar-refractivity contribution >= 4 is 11.7 Å². The third-order valence-electron chi connectivity index (χ3n) is 4.12. The van der Waals surface area contributed by atoms with Crippen LogP contribution < -0.4 is 0 Å². The van der Waals surface area contributed by atoms with Crippen molar-refractivity contribution in [3.8, 4) is 0 Å². The first-order valence-electron chi connectivity index (χ1n) is 8.97. The molecule has 29 heavy (non-hydrogen) atoms. The SMILES string of the molecule is CCOC(Cc1cccc(/C(C)=N/OCc2ccc(C(F)(F)F)cc2)c1)C(=O)O. The summed E-state index contributed by atoms with van der Waals surface area (Å²) in [4.78, 5) is 16.5. The molecule has 0 heterocycles. The summed E-state index contributed by atoms with van der Waals surface area (Å²) < 4.78 is 42.9. The van der Waals surface area contributed by atoms with Gasteiger partial charge in [-0.3, -0.25) is 0 Å². The summed E-state index contributed by atoms with van der Waals surface area (Å²) in [7, 11) is 0. The monoisotopic (exact) mass is 409 g/mol. The van der Waals surface area contributed by atoms with E-state index in [2.05, 4.69) is 5.16 Å². The van der Waals surface area contributed by atoms with Gasteiger partial charge in [-0.15, -0.1) is 0 Å². The number of rotatable bonds is 9. The Balaban J connectivity index is 2.00. The smallest absolute Gasteiger partial charge is 0.416 e. The van der Waals surface area contributed by atoms with E-state index < -0.39 is 23.8 Å². The van der Waals surface area contributed by atoms with Gasteiger partial charge in [0.1, 0.15) is 6.61 Å². The Bertz CT molecular complexity index is 848. The van der Waals surface area contributed by atoms with Crippen LogP contribution in [0.2, 0.25) is 0 Å². The average Bonchev–Trinajstić information content (AvgIpc) is 2.67. The van der Waals surface area contributed by atoms with Crippen molar-refractivity contribution in [1.29, 1.82) is 0 Å². The van der Waals surface area contributed by atoms with Crippen LogP contribution in [0.1, 0.15) is 36.1 Å². The molecule has 0 bridgehead atoms. The van der Waals surface area contributed by atoms with Crippen molar-refractivity contribution in [2.24, 2.45) is 5.16 Å². The lowest BCUT2D eigenvalue weighted by molar-refractivity contribution is -0.150. The number of alkyl halides is 3. The Morgan fingerprint density at radius 1 is 1.14 bits per heavy atom. The highest BCUT2D eigenvalue weighted by atomic mass is 19.4. The van der Waals surface area contributed by atoms with Gasteiger partial charge in [0.05, 0.1) is 11.3 Å². The molecule has 0 aliphatic rings. The summed E-state index contributed by atoms with van der Waals surface area (Å²) in [5, 5.41) is 13.2. The molecule has 0 aliphatic heterocycles. The van der Waals surface area contributed by atoms with Gasteiger partial charge >= 0.3 is 12.1 Å². The minimum Gasteiger partial charge on any atom is -0.479 e. The van der Waals surface area contributed by atoms with E-state index in [1.165, 1.54) is 12.1 Å². The van der Waals surface area contributed by atoms with Gasteiger partial charge in [0.25, 0.3) is 0 Å². The summed E-state index contributed by atoms with van der Waals surface area (Å²) in [5.41, 5.74) is 1.92. The Labute approximate surface area is 166 Å². The van der Waals surface area contributed by atoms with Crippen LogP contribution in [0.4, 0.5) is 13.2 Å². The van der Waals surface area contributed by atoms with Gasteiger partial charge in [-0.25, -0.2) is 4.79 Å². The second-order valence-corrected chi connectivity index (χ2v) is 6.33. The van der Waals surface area contributed by atoms with Crippen molar-refractivity contribution in [1.82, 2.24) is 0 Å². The predicted octanol–water partition coefficient (Wildman–Crippen LogP) is 4.68. The average molecular weight is 409 g/mol. The van der Waals surface area contributed by atoms with E-state index >= 15 is 0 Å². The van der Waals surface area contributed by atoms with Crippen LogP contribution in [-0.4, -0.2) is 29.5 Å². The fourth-order valence-corrected chi connectivity index (χ4v) is 2.60. The van der Waals surface area contributed by atoms with Crippen LogP contribution >= 0.6 is 0 Å². The lowest BCUT2D eigenvalue weighted by Crippen LogP contribution is -2.26. The second kappa shape index (κ2) is 10.1. The fourth-order valence-electron chi connectivity index (χ4n) is 2.60. The number of aliphatic carboxylic acids is 1. The highest BCUT2D eigenvalue weighted by Gasteiger charge is 2.29. The zero-order valence-corrected chi connectivity index (χ0v) is 16.1. The Morgan fingerprint density at radius 3 is 2.41 bits per heavy atom. The van der Waals surface area contributed by atoms with Gasteiger partial charge in [-0.2, -0.15) is 13.2 Å². The molecule has 1 unspecified atom stereocenters. The molecule has 1 N–H and O–H groups in total. The van der Waals surface area contributed by atoms with Crippen LogP contribution in [0, 0.1) is 0 Å². The molecular weight excluding hydrogens is 387 g/mol. The van der Waals surface area contributed by atoms with Crippen molar-refractivity contribution in [2.45, 2.75) is 39.2 Å². The first-order valence-corrected chi connectivity index (χ1v) is 8.97. The predicted molar refractivity (Wildman–Crippen MR) is 102 cm³/mol. The molecule has 2 rings (SSSR count). The van der Waals surface area contributed by atoms with E-state index in [1.54, 1.807) is 38.1 Å². The number of oxime groups is 1. The molecule has 2 aromatic carbocycles. The molecule has 0 saturated heterocycles. The Morgan fingerprint density at radius 2 is 1.83 bits per heavy atom. The number of ether oxygens (including phenoxy) is 1. The standard InChI is InChI=1S/C21H22F3NO4/c1-3-28-19(20(26)27)12-16-5-4-6-17(11-16)14(2)25-29-13-15-7-9-18(10-8-15)21(22,23)24/h4-11,19H,3,12-13H2,1-2H3,(H,26,27)/b25-14+. The molecule has 8 heteroatoms. The third-order valence-corrected chi connectivity index (χ3v) is 4.12. The number of carboxylic acid groups (broad SMARTS) is 1. The van der Waals surface area contributed by atoms with Crippen molar-refractivity contribution < 1.29 is 32.6 Å². The first kappa shape index (κ1) is 22.4. The van der Waals surface area contributed by atoms with E-state index in [0.29, 0.717) is 17.9 Å². The highest BCUT2D eigenvalue weighted by molar-refractivity contribution is 5.98. The zero-order valence-electron chi connectivity index (χ0n) is 16.1. The highest BCUT2D eigenvalue weighted by Crippen LogP contribution is 2.29. The molecule has 0 saturated carbocycles. The van der Waals surface area contributed by atoms with Gasteiger partial charge in [-0.1, -0.05) is 35.5 Å². The molecule has 0 aromatic heterocycles. The van der Waals surface area contributed by atoms with E-state index in [0.717, 1.165) is 23.3 Å². The van der Waals surface area contributed by atoms with Crippen LogP contribution in [0.15, 0.2) is 53.7 Å². The Kier molecular flexibility index (Phi) is 7.78. The molecule has 156 valence electrons. The van der Waals surface area contributed by atoms with Gasteiger partial charge in [0.15, 0.2) is 6.10 Å². The fraction of sp³-hybridized carbons (Fsp3) is 0.333. The topological polar surface area (TPSA) is 68.1 Å². The number of carboxylic acids is 1. The number of hydrogen-bond donors (Lipinski definition) is 1. The minimum absolute atomic E-state index is 0.0284. The molecule has 0 fully saturated rings. The summed E-state index contributed by atoms with van der Waals surface area (Å²) in [6.07, 6.45) is -5.08. The minimum atomic E-state index is -4.37. The zero-order chi connectivity index (χ0) is 21.4. The Hall–Kier alpha value is -2.87. The molecular formula is C21H22F3NO4. The van der Waals surface area contributed by atoms with E-state index in [4.69, 9.17) is 9.57 Å². The number of hydrogen-bond acceptors (Lipinski definition) is 4. The van der Waals surface area contributed by atoms with Gasteiger partial charge in [0, 0.05) is 13.0 Å². The third kappa shape index (κ3) is 6.90. The van der Waals surface area contributed by atoms with Crippen molar-refractivity contribution in [3.63, 3.8) is 0 Å². The summed E-state index contributed by atoms with van der Waals surface area (Å²) in [5.74, 6) is -1.03. The van der Waals surface area contributed by atoms with E-state index in [9.17, 15) is 23.1 Å². The van der Waals surface area contributed by atoms with Crippen molar-refractivity contribution in [2.75, 3.05) is 6.61 Å². The van der Waals surface area contributed by atoms with Crippen LogP contribution in [0.5, 0.6) is 0 Å². The maximum atomic E-state index is 12.6. The van der Waals surface area contributed by atoms with E-state index in [-0.39, 0.29) is 13.0 Å². The van der Waals surface area contributed by atoms with Gasteiger partial charge in [0.2, 0.25) is 0 Å². The number of halogens is 3. The van der Waals surface area contributed by atoms with E-state index in [1.807, 2.05) is 0 Å². The second-order valence-electron chi connectivity index (χ2n) is 6.33. The lowest BCUT2D eigenvalue weighted by atomic mass is 10.0. The molecule has 0 aliphatic carbocycles. The molecule has 0 radical (unpaired) electrons. The largest absolute Gasteiger partial charge is 0.479 e. The van der Waals surface area contributed by atoms with Crippen LogP contribution in [0.25, 0.3) is 0 Å². The van der Waals surface area contributed by atoms with Crippen LogP contribution in [-0.2, 0) is 33.6 Å². The summed E-state index contributed by atoms with van der Waals surface area (Å²) >= 11 is 0. The molecule has 1 atom stereocenters. The lowest BCUT2D eigenvalue weighted by Gasteiger charge is -2.13. The van der Waals surface area contributed by atoms with Crippen molar-refractivity contribution in [3.05, 3.63) is 70.8 Å². The van der Waals surface area contributed by atoms with Crippen LogP contribution in [0.3, 0.4) is 0 Å².